The van der Waals surface area contributed by atoms with Crippen LogP contribution in [0.25, 0.3) is 0 Å². The number of amides is 2. The van der Waals surface area contributed by atoms with E-state index in [0.717, 1.165) is 22.0 Å². The Bertz CT molecular complexity index is 1550. The molecule has 2 atom stereocenters. The maximum absolute atomic E-state index is 14.2. The second kappa shape index (κ2) is 14.4. The van der Waals surface area contributed by atoms with Crippen molar-refractivity contribution in [3.8, 4) is 17.2 Å². The van der Waals surface area contributed by atoms with E-state index in [9.17, 15) is 22.4 Å². The number of halogens is 1. The predicted molar refractivity (Wildman–Crippen MR) is 164 cm³/mol. The van der Waals surface area contributed by atoms with E-state index >= 15 is 0 Å². The van der Waals surface area contributed by atoms with Crippen LogP contribution in [-0.2, 0) is 26.2 Å². The highest BCUT2D eigenvalue weighted by atomic mass is 32.2. The molecular formula is C32H38FN3O7S. The summed E-state index contributed by atoms with van der Waals surface area (Å²) in [5, 5.41) is 2.94. The van der Waals surface area contributed by atoms with Gasteiger partial charge >= 0.3 is 0 Å². The zero-order valence-electron chi connectivity index (χ0n) is 25.3. The lowest BCUT2D eigenvalue weighted by Crippen LogP contribution is -2.53. The van der Waals surface area contributed by atoms with Crippen molar-refractivity contribution in [1.29, 1.82) is 0 Å². The molecule has 236 valence electrons. The standard InChI is InChI=1S/C32H38FN3O7S/c1-5-22(3)34-32(38)28(6-2)35(20-23-7-13-26(41-4)14-8-23)31(37)21-36(25-11-9-24(33)10-12-25)44(39,40)27-15-16-29-30(19-27)43-18-17-42-29/h7-16,19,22,28H,5-6,17-18,20-21H2,1-4H3,(H,34,38)/t22-,28-/m1/s1. The summed E-state index contributed by atoms with van der Waals surface area (Å²) in [6.07, 6.45) is 0.982. The number of anilines is 1. The fourth-order valence-electron chi connectivity index (χ4n) is 4.74. The van der Waals surface area contributed by atoms with Gasteiger partial charge in [0.05, 0.1) is 17.7 Å². The summed E-state index contributed by atoms with van der Waals surface area (Å²) in [4.78, 5) is 28.8. The van der Waals surface area contributed by atoms with E-state index in [2.05, 4.69) is 5.32 Å². The highest BCUT2D eigenvalue weighted by molar-refractivity contribution is 7.92. The highest BCUT2D eigenvalue weighted by Crippen LogP contribution is 2.34. The quantitative estimate of drug-likeness (QED) is 0.296. The van der Waals surface area contributed by atoms with Crippen molar-refractivity contribution in [3.05, 3.63) is 78.1 Å². The van der Waals surface area contributed by atoms with Gasteiger partial charge in [-0.1, -0.05) is 26.0 Å². The Labute approximate surface area is 257 Å². The molecule has 0 saturated carbocycles. The van der Waals surface area contributed by atoms with Gasteiger partial charge in [0.2, 0.25) is 11.8 Å². The van der Waals surface area contributed by atoms with Gasteiger partial charge in [-0.15, -0.1) is 0 Å². The first kappa shape index (κ1) is 32.6. The molecule has 1 heterocycles. The smallest absolute Gasteiger partial charge is 0.264 e. The third-order valence-electron chi connectivity index (χ3n) is 7.39. The Kier molecular flexibility index (Phi) is 10.7. The van der Waals surface area contributed by atoms with Crippen LogP contribution in [0.3, 0.4) is 0 Å². The molecule has 1 aliphatic heterocycles. The number of ether oxygens (including phenoxy) is 3. The van der Waals surface area contributed by atoms with Crippen LogP contribution in [0.15, 0.2) is 71.6 Å². The zero-order valence-corrected chi connectivity index (χ0v) is 26.1. The van der Waals surface area contributed by atoms with Crippen molar-refractivity contribution >= 4 is 27.5 Å². The maximum atomic E-state index is 14.2. The Morgan fingerprint density at radius 1 is 0.955 bits per heavy atom. The van der Waals surface area contributed by atoms with Gasteiger partial charge in [-0.25, -0.2) is 12.8 Å². The van der Waals surface area contributed by atoms with Gasteiger partial charge in [0.1, 0.15) is 37.4 Å². The molecule has 2 amide bonds. The average molecular weight is 628 g/mol. The summed E-state index contributed by atoms with van der Waals surface area (Å²) in [6.45, 7) is 5.59. The molecule has 10 nitrogen and oxygen atoms in total. The molecule has 0 saturated heterocycles. The van der Waals surface area contributed by atoms with E-state index in [1.807, 2.05) is 13.8 Å². The first-order valence-electron chi connectivity index (χ1n) is 14.5. The molecule has 3 aromatic rings. The van der Waals surface area contributed by atoms with Crippen molar-refractivity contribution in [2.75, 3.05) is 31.2 Å². The fourth-order valence-corrected chi connectivity index (χ4v) is 6.17. The van der Waals surface area contributed by atoms with Crippen molar-refractivity contribution in [2.24, 2.45) is 0 Å². The van der Waals surface area contributed by atoms with Crippen LogP contribution in [0.1, 0.15) is 39.2 Å². The van der Waals surface area contributed by atoms with Gasteiger partial charge in [0, 0.05) is 18.7 Å². The molecule has 0 spiro atoms. The number of sulfonamides is 1. The van der Waals surface area contributed by atoms with Gasteiger partial charge < -0.3 is 24.4 Å². The third-order valence-corrected chi connectivity index (χ3v) is 9.16. The number of nitrogens with zero attached hydrogens (tertiary/aromatic N) is 2. The van der Waals surface area contributed by atoms with E-state index in [0.29, 0.717) is 24.5 Å². The van der Waals surface area contributed by atoms with Crippen LogP contribution < -0.4 is 23.8 Å². The first-order valence-corrected chi connectivity index (χ1v) is 15.9. The number of rotatable bonds is 13. The zero-order chi connectivity index (χ0) is 31.9. The third kappa shape index (κ3) is 7.60. The Balaban J connectivity index is 1.73. The summed E-state index contributed by atoms with van der Waals surface area (Å²) in [5.41, 5.74) is 0.799. The minimum atomic E-state index is -4.38. The van der Waals surface area contributed by atoms with Crippen molar-refractivity contribution < 1.29 is 36.6 Å². The number of hydrogen-bond donors (Lipinski definition) is 1. The van der Waals surface area contributed by atoms with E-state index < -0.39 is 34.3 Å². The summed E-state index contributed by atoms with van der Waals surface area (Å²) < 4.78 is 59.4. The largest absolute Gasteiger partial charge is 0.497 e. The number of nitrogens with one attached hydrogen (secondary N) is 1. The number of carbonyl (C=O) groups excluding carboxylic acids is 2. The normalized spacial score (nSPS) is 13.8. The molecule has 12 heteroatoms. The fraction of sp³-hybridized carbons (Fsp3) is 0.375. The van der Waals surface area contributed by atoms with Gasteiger partial charge in [0.15, 0.2) is 11.5 Å². The van der Waals surface area contributed by atoms with Crippen LogP contribution in [0.4, 0.5) is 10.1 Å². The number of benzene rings is 3. The minimum Gasteiger partial charge on any atom is -0.497 e. The van der Waals surface area contributed by atoms with Crippen LogP contribution in [0.5, 0.6) is 17.2 Å². The monoisotopic (exact) mass is 627 g/mol. The van der Waals surface area contributed by atoms with Crippen LogP contribution in [0.2, 0.25) is 0 Å². The van der Waals surface area contributed by atoms with Gasteiger partial charge in [0.25, 0.3) is 10.0 Å². The average Bonchev–Trinajstić information content (AvgIpc) is 3.03. The van der Waals surface area contributed by atoms with Crippen LogP contribution in [0, 0.1) is 5.82 Å². The highest BCUT2D eigenvalue weighted by Gasteiger charge is 2.34. The molecule has 1 aliphatic rings. The lowest BCUT2D eigenvalue weighted by Gasteiger charge is -2.34. The summed E-state index contributed by atoms with van der Waals surface area (Å²) in [7, 11) is -2.83. The summed E-state index contributed by atoms with van der Waals surface area (Å²) in [6, 6.07) is 15.1. The van der Waals surface area contributed by atoms with E-state index in [1.165, 1.54) is 35.2 Å². The number of hydrogen-bond acceptors (Lipinski definition) is 7. The molecule has 4 rings (SSSR count). The Hall–Kier alpha value is -4.32. The molecule has 3 aromatic carbocycles. The lowest BCUT2D eigenvalue weighted by molar-refractivity contribution is -0.140. The molecular weight excluding hydrogens is 589 g/mol. The van der Waals surface area contributed by atoms with Gasteiger partial charge in [-0.2, -0.15) is 0 Å². The molecule has 0 aliphatic carbocycles. The van der Waals surface area contributed by atoms with E-state index in [1.54, 1.807) is 38.3 Å². The topological polar surface area (TPSA) is 114 Å². The SMILES string of the molecule is CC[C@@H](C)NC(=O)[C@@H](CC)N(Cc1ccc(OC)cc1)C(=O)CN(c1ccc(F)cc1)S(=O)(=O)c1ccc2c(c1)OCCO2. The predicted octanol–water partition coefficient (Wildman–Crippen LogP) is 4.52. The molecule has 44 heavy (non-hydrogen) atoms. The Morgan fingerprint density at radius 3 is 2.23 bits per heavy atom. The second-order valence-electron chi connectivity index (χ2n) is 10.4. The maximum Gasteiger partial charge on any atom is 0.264 e. The van der Waals surface area contributed by atoms with Crippen molar-refractivity contribution in [1.82, 2.24) is 10.2 Å². The summed E-state index contributed by atoms with van der Waals surface area (Å²) in [5.74, 6) is -0.226. The number of carbonyl (C=O) groups is 2. The number of methoxy groups -OCH3 is 1. The molecule has 0 aromatic heterocycles. The molecule has 1 N–H and O–H groups in total. The van der Waals surface area contributed by atoms with E-state index in [4.69, 9.17) is 14.2 Å². The van der Waals surface area contributed by atoms with Crippen molar-refractivity contribution in [2.45, 2.75) is 57.1 Å². The van der Waals surface area contributed by atoms with Gasteiger partial charge in [-0.05, 0) is 73.9 Å². The second-order valence-corrected chi connectivity index (χ2v) is 12.3. The molecule has 0 bridgehead atoms. The molecule has 0 unspecified atom stereocenters. The lowest BCUT2D eigenvalue weighted by atomic mass is 10.1. The molecule has 0 radical (unpaired) electrons. The van der Waals surface area contributed by atoms with Gasteiger partial charge in [-0.3, -0.25) is 13.9 Å². The molecule has 0 fully saturated rings. The summed E-state index contributed by atoms with van der Waals surface area (Å²) >= 11 is 0. The first-order chi connectivity index (χ1) is 21.1. The van der Waals surface area contributed by atoms with Crippen molar-refractivity contribution in [3.63, 3.8) is 0 Å². The minimum absolute atomic E-state index is 0.0383. The number of fused-ring (bicyclic) bond motifs is 1. The van der Waals surface area contributed by atoms with Crippen LogP contribution in [-0.4, -0.2) is 64.1 Å². The Morgan fingerprint density at radius 2 is 1.61 bits per heavy atom. The van der Waals surface area contributed by atoms with Crippen LogP contribution >= 0.6 is 0 Å². The van der Waals surface area contributed by atoms with E-state index in [-0.39, 0.29) is 47.9 Å².